The predicted octanol–water partition coefficient (Wildman–Crippen LogP) is 7.07. The minimum Gasteiger partial charge on any atom is -0.451 e. The molecule has 8 atom stereocenters. The Morgan fingerprint density at radius 2 is 1.06 bits per heavy atom. The number of carbonyl (C=O) groups is 6. The predicted molar refractivity (Wildman–Crippen MR) is 297 cm³/mol. The lowest BCUT2D eigenvalue weighted by Gasteiger charge is -2.37. The van der Waals surface area contributed by atoms with E-state index in [0.717, 1.165) is 128 Å². The highest BCUT2D eigenvalue weighted by Gasteiger charge is 2.35. The molecule has 0 saturated carbocycles. The number of hydrogen-bond acceptors (Lipinski definition) is 16. The molecule has 2 aromatic rings. The largest absolute Gasteiger partial charge is 0.451 e. The zero-order valence-electron chi connectivity index (χ0n) is 46.6. The highest BCUT2D eigenvalue weighted by atomic mass is 35.5. The third-order valence-corrected chi connectivity index (χ3v) is 15.4. The molecule has 0 spiro atoms. The molecule has 2 unspecified atom stereocenters. The molecule has 6 amide bonds. The number of ether oxygens (including phenoxy) is 6. The molecule has 4 N–H and O–H groups in total. The van der Waals surface area contributed by atoms with Gasteiger partial charge in [0, 0.05) is 112 Å². The zero-order chi connectivity index (χ0) is 57.2. The van der Waals surface area contributed by atoms with Gasteiger partial charge in [0.2, 0.25) is 0 Å². The van der Waals surface area contributed by atoms with E-state index in [1.807, 2.05) is 26.2 Å². The molecular weight excluding hydrogens is 1080 g/mol. The summed E-state index contributed by atoms with van der Waals surface area (Å²) in [6.07, 6.45) is 7.24. The number of likely N-dealkylation sites (tertiary alicyclic amines) is 2. The van der Waals surface area contributed by atoms with Gasteiger partial charge in [0.05, 0.1) is 52.7 Å². The van der Waals surface area contributed by atoms with Crippen molar-refractivity contribution in [3.8, 4) is 0 Å². The standard InChI is InChI=1S/C56H82Cl2N8O14/c1-59-47(29-39-11-9-25-75-37-39)33-61-53(69)63-21-7-15-43(35-63)51(41-13-5-17-45(57)31-41)77-27-23-65(55(71)73-3)79-49(67)19-20-50(68)80-66(56(72)74-4)24-28-78-52(42-14-6-18-46(58)32-42)44-16-8-22-64(36-44)54(70)62-34-48(60-2)30-40-12-10-26-76-38-40/h5-6,13-14,17-20,31-32,39-40,43-44,47-48,51-52,59-60H,7-12,15-16,21-30,33-38H2,1-4H3,(H,61,69)(H,62,70)/b20-19+/t39-,40-,43-,44-,47-,48-,51?,52?/m1/s1. The van der Waals surface area contributed by atoms with E-state index < -0.39 is 36.3 Å². The fourth-order valence-corrected chi connectivity index (χ4v) is 11.2. The van der Waals surface area contributed by atoms with Crippen molar-refractivity contribution in [2.75, 3.05) is 120 Å². The van der Waals surface area contributed by atoms with Gasteiger partial charge in [-0.15, -0.1) is 10.1 Å². The Morgan fingerprint density at radius 3 is 1.43 bits per heavy atom. The molecule has 0 radical (unpaired) electrons. The van der Waals surface area contributed by atoms with Crippen molar-refractivity contribution in [2.24, 2.45) is 23.7 Å². The minimum atomic E-state index is -1.15. The molecule has 6 rings (SSSR count). The summed E-state index contributed by atoms with van der Waals surface area (Å²) in [5.74, 6) is -1.73. The fraction of sp³-hybridized carbons (Fsp3) is 0.643. The molecule has 80 heavy (non-hydrogen) atoms. The second-order valence-electron chi connectivity index (χ2n) is 20.7. The normalized spacial score (nSPS) is 21.1. The van der Waals surface area contributed by atoms with E-state index in [4.69, 9.17) is 61.3 Å². The van der Waals surface area contributed by atoms with E-state index in [-0.39, 0.29) is 62.3 Å². The molecule has 2 aromatic carbocycles. The Bertz CT molecular complexity index is 2160. The van der Waals surface area contributed by atoms with Crippen LogP contribution in [0.2, 0.25) is 10.0 Å². The van der Waals surface area contributed by atoms with Crippen LogP contribution in [0.1, 0.15) is 87.5 Å². The first-order valence-electron chi connectivity index (χ1n) is 27.9. The highest BCUT2D eigenvalue weighted by molar-refractivity contribution is 6.30. The van der Waals surface area contributed by atoms with Gasteiger partial charge in [-0.3, -0.25) is 0 Å². The number of piperidine rings is 2. The lowest BCUT2D eigenvalue weighted by molar-refractivity contribution is -0.180. The summed E-state index contributed by atoms with van der Waals surface area (Å²) in [6.45, 7) is 5.04. The maximum absolute atomic E-state index is 13.5. The Kier molecular flexibility index (Phi) is 27.2. The van der Waals surface area contributed by atoms with Gasteiger partial charge in [-0.1, -0.05) is 47.5 Å². The van der Waals surface area contributed by atoms with E-state index in [1.165, 1.54) is 0 Å². The smallest absolute Gasteiger partial charge is 0.443 e. The van der Waals surface area contributed by atoms with Gasteiger partial charge in [-0.2, -0.15) is 0 Å². The van der Waals surface area contributed by atoms with E-state index >= 15 is 0 Å². The fourth-order valence-electron chi connectivity index (χ4n) is 10.8. The molecule has 0 aromatic heterocycles. The molecule has 444 valence electrons. The van der Waals surface area contributed by atoms with Crippen LogP contribution in [0.4, 0.5) is 19.2 Å². The molecule has 0 bridgehead atoms. The lowest BCUT2D eigenvalue weighted by Crippen LogP contribution is -2.50. The summed E-state index contributed by atoms with van der Waals surface area (Å²) in [5.41, 5.74) is 1.53. The van der Waals surface area contributed by atoms with Crippen LogP contribution in [0.25, 0.3) is 0 Å². The van der Waals surface area contributed by atoms with Crippen molar-refractivity contribution in [1.29, 1.82) is 0 Å². The maximum atomic E-state index is 13.5. The molecule has 24 heteroatoms. The molecule has 4 saturated heterocycles. The van der Waals surface area contributed by atoms with Gasteiger partial charge in [-0.05, 0) is 126 Å². The number of likely N-dealkylation sites (N-methyl/N-ethyl adjacent to an activating group) is 2. The summed E-state index contributed by atoms with van der Waals surface area (Å²) < 4.78 is 34.0. The second kappa shape index (κ2) is 34.1. The Labute approximate surface area is 479 Å². The number of methoxy groups -OCH3 is 2. The van der Waals surface area contributed by atoms with Gasteiger partial charge in [0.25, 0.3) is 0 Å². The zero-order valence-corrected chi connectivity index (χ0v) is 48.1. The third kappa shape index (κ3) is 20.8. The number of hydroxylamine groups is 4. The SMILES string of the molecule is CN[C@@H](CNC(=O)N1CCC[C@@H](C(OCCN(OC(=O)/C=C/C(=O)ON(CCOC(c2cccc(Cl)c2)[C@@H]2CCCN(C(=O)NC[C@@H](C[C@H]3CCCOC3)NC)C2)C(=O)OC)C(=O)OC)c2cccc(Cl)c2)C1)C[C@H]1CCCOC1. The van der Waals surface area contributed by atoms with Crippen molar-refractivity contribution < 1.29 is 66.9 Å². The van der Waals surface area contributed by atoms with Crippen molar-refractivity contribution in [2.45, 2.75) is 88.5 Å². The Morgan fingerprint density at radius 1 is 0.637 bits per heavy atom. The van der Waals surface area contributed by atoms with Crippen LogP contribution in [0.3, 0.4) is 0 Å². The molecule has 4 aliphatic heterocycles. The van der Waals surface area contributed by atoms with Crippen molar-refractivity contribution in [1.82, 2.24) is 41.2 Å². The Balaban J connectivity index is 1.00. The van der Waals surface area contributed by atoms with Crippen LogP contribution in [-0.4, -0.2) is 189 Å². The summed E-state index contributed by atoms with van der Waals surface area (Å²) in [6, 6.07) is 14.3. The van der Waals surface area contributed by atoms with Crippen LogP contribution in [-0.2, 0) is 47.7 Å². The average molecular weight is 1160 g/mol. The first kappa shape index (κ1) is 63.7. The number of urea groups is 2. The van der Waals surface area contributed by atoms with Crippen molar-refractivity contribution in [3.05, 3.63) is 81.9 Å². The number of nitrogens with one attached hydrogen (secondary N) is 4. The molecular formula is C56H82Cl2N8O14. The van der Waals surface area contributed by atoms with Crippen LogP contribution in [0.5, 0.6) is 0 Å². The number of halogens is 2. The molecule has 4 heterocycles. The summed E-state index contributed by atoms with van der Waals surface area (Å²) in [5, 5.41) is 15.1. The highest BCUT2D eigenvalue weighted by Crippen LogP contribution is 2.36. The van der Waals surface area contributed by atoms with Gasteiger partial charge < -0.3 is 69.2 Å². The number of carbonyl (C=O) groups excluding carboxylic acids is 6. The van der Waals surface area contributed by atoms with E-state index in [9.17, 15) is 28.8 Å². The third-order valence-electron chi connectivity index (χ3n) is 15.0. The summed E-state index contributed by atoms with van der Waals surface area (Å²) in [7, 11) is 6.01. The van der Waals surface area contributed by atoms with E-state index in [0.29, 0.717) is 71.3 Å². The topological polar surface area (TPSA) is 237 Å². The first-order chi connectivity index (χ1) is 38.8. The molecule has 4 aliphatic rings. The molecule has 22 nitrogen and oxygen atoms in total. The monoisotopic (exact) mass is 1160 g/mol. The van der Waals surface area contributed by atoms with Crippen molar-refractivity contribution >= 4 is 59.4 Å². The number of amides is 6. The maximum Gasteiger partial charge on any atom is 0.443 e. The van der Waals surface area contributed by atoms with Crippen LogP contribution >= 0.6 is 23.2 Å². The van der Waals surface area contributed by atoms with Gasteiger partial charge >= 0.3 is 36.2 Å². The number of nitrogens with zero attached hydrogens (tertiary/aromatic N) is 4. The molecule has 0 aliphatic carbocycles. The second-order valence-corrected chi connectivity index (χ2v) is 21.5. The number of benzene rings is 2. The molecule has 4 fully saturated rings. The van der Waals surface area contributed by atoms with Gasteiger partial charge in [0.15, 0.2) is 0 Å². The van der Waals surface area contributed by atoms with Gasteiger partial charge in [0.1, 0.15) is 0 Å². The van der Waals surface area contributed by atoms with Crippen LogP contribution < -0.4 is 21.3 Å². The summed E-state index contributed by atoms with van der Waals surface area (Å²) in [4.78, 5) is 93.2. The quantitative estimate of drug-likeness (QED) is 0.0607. The lowest BCUT2D eigenvalue weighted by atomic mass is 9.88. The van der Waals surface area contributed by atoms with Gasteiger partial charge in [-0.25, -0.2) is 28.8 Å². The number of hydrogen-bond donors (Lipinski definition) is 4. The average Bonchev–Trinajstić information content (AvgIpc) is 3.50. The van der Waals surface area contributed by atoms with Crippen molar-refractivity contribution in [3.63, 3.8) is 0 Å². The van der Waals surface area contributed by atoms with Crippen LogP contribution in [0.15, 0.2) is 60.7 Å². The van der Waals surface area contributed by atoms with Crippen LogP contribution in [0, 0.1) is 23.7 Å². The summed E-state index contributed by atoms with van der Waals surface area (Å²) >= 11 is 12.9. The van der Waals surface area contributed by atoms with E-state index in [1.54, 1.807) is 46.2 Å². The minimum absolute atomic E-state index is 0.0950. The number of rotatable bonds is 24. The first-order valence-corrected chi connectivity index (χ1v) is 28.6. The Hall–Kier alpha value is -5.46. The van der Waals surface area contributed by atoms with E-state index in [2.05, 4.69) is 21.3 Å².